The quantitative estimate of drug-likeness (QED) is 0.784. The van der Waals surface area contributed by atoms with Crippen LogP contribution in [0.3, 0.4) is 0 Å². The topological polar surface area (TPSA) is 59.0 Å². The molecule has 2 rings (SSSR count). The molecule has 1 amide bonds. The Labute approximate surface area is 140 Å². The molecule has 1 aliphatic carbocycles. The van der Waals surface area contributed by atoms with Crippen molar-refractivity contribution in [3.05, 3.63) is 11.5 Å². The Morgan fingerprint density at radius 1 is 1.26 bits per heavy atom. The van der Waals surface area contributed by atoms with Crippen molar-refractivity contribution in [2.24, 2.45) is 0 Å². The first-order valence-electron chi connectivity index (χ1n) is 8.42. The zero-order chi connectivity index (χ0) is 17.6. The molecule has 1 saturated heterocycles. The van der Waals surface area contributed by atoms with Crippen LogP contribution in [0.1, 0.15) is 67.7 Å². The normalized spacial score (nSPS) is 26.8. The second-order valence-electron chi connectivity index (χ2n) is 8.63. The van der Waals surface area contributed by atoms with Gasteiger partial charge in [0.05, 0.1) is 11.2 Å². The van der Waals surface area contributed by atoms with Crippen molar-refractivity contribution in [1.82, 2.24) is 4.90 Å². The van der Waals surface area contributed by atoms with Gasteiger partial charge in [0.15, 0.2) is 0 Å². The van der Waals surface area contributed by atoms with E-state index >= 15 is 0 Å². The second-order valence-corrected chi connectivity index (χ2v) is 8.63. The highest BCUT2D eigenvalue weighted by Gasteiger charge is 2.53. The van der Waals surface area contributed by atoms with Gasteiger partial charge in [-0.1, -0.05) is 6.08 Å². The van der Waals surface area contributed by atoms with Crippen molar-refractivity contribution in [1.29, 1.82) is 0 Å². The van der Waals surface area contributed by atoms with Gasteiger partial charge in [-0.2, -0.15) is 0 Å². The van der Waals surface area contributed by atoms with Crippen LogP contribution in [0.25, 0.3) is 0 Å². The first kappa shape index (κ1) is 18.3. The van der Waals surface area contributed by atoms with Gasteiger partial charge in [-0.25, -0.2) is 4.79 Å². The summed E-state index contributed by atoms with van der Waals surface area (Å²) in [6.45, 7) is 14.0. The monoisotopic (exact) mass is 323 g/mol. The van der Waals surface area contributed by atoms with Gasteiger partial charge in [0, 0.05) is 11.6 Å². The van der Waals surface area contributed by atoms with Crippen LogP contribution in [0, 0.1) is 0 Å². The summed E-state index contributed by atoms with van der Waals surface area (Å²) in [5, 5.41) is 9.62. The maximum atomic E-state index is 11.7. The number of nitrogens with zero attached hydrogens (tertiary/aromatic N) is 1. The van der Waals surface area contributed by atoms with Crippen molar-refractivity contribution in [3.8, 4) is 0 Å². The van der Waals surface area contributed by atoms with Crippen molar-refractivity contribution >= 4 is 13.2 Å². The number of hydrogen-bond donors (Lipinski definition) is 1. The number of carbonyl (C=O) groups is 1. The summed E-state index contributed by atoms with van der Waals surface area (Å²) in [6, 6.07) is -0.0356. The molecular weight excluding hydrogens is 293 g/mol. The molecule has 0 aromatic carbocycles. The molecule has 0 saturated carbocycles. The summed E-state index contributed by atoms with van der Waals surface area (Å²) < 4.78 is 12.2. The van der Waals surface area contributed by atoms with E-state index < -0.39 is 11.6 Å². The molecule has 130 valence electrons. The molecule has 5 nitrogen and oxygen atoms in total. The van der Waals surface area contributed by atoms with Crippen LogP contribution in [-0.4, -0.2) is 46.0 Å². The lowest BCUT2D eigenvalue weighted by Gasteiger charge is -2.41. The van der Waals surface area contributed by atoms with Gasteiger partial charge in [0.1, 0.15) is 0 Å². The van der Waals surface area contributed by atoms with E-state index in [4.69, 9.17) is 9.31 Å². The molecule has 0 aromatic rings. The van der Waals surface area contributed by atoms with Gasteiger partial charge in [0.2, 0.25) is 0 Å². The highest BCUT2D eigenvalue weighted by atomic mass is 16.7. The fraction of sp³-hybridized carbons (Fsp3) is 0.824. The lowest BCUT2D eigenvalue weighted by atomic mass is 9.71. The molecule has 1 aliphatic heterocycles. The molecule has 0 aromatic heterocycles. The number of carboxylic acid groups (broad SMARTS) is 1. The average Bonchev–Trinajstić information content (AvgIpc) is 2.56. The minimum Gasteiger partial charge on any atom is -0.465 e. The predicted molar refractivity (Wildman–Crippen MR) is 91.4 cm³/mol. The fourth-order valence-corrected chi connectivity index (χ4v) is 3.32. The predicted octanol–water partition coefficient (Wildman–Crippen LogP) is 3.88. The first-order chi connectivity index (χ1) is 10.3. The van der Waals surface area contributed by atoms with Gasteiger partial charge in [-0.05, 0) is 73.2 Å². The van der Waals surface area contributed by atoms with Crippen LogP contribution in [-0.2, 0) is 9.31 Å². The zero-order valence-electron chi connectivity index (χ0n) is 15.5. The van der Waals surface area contributed by atoms with Gasteiger partial charge in [-0.3, -0.25) is 0 Å². The van der Waals surface area contributed by atoms with E-state index in [0.29, 0.717) is 6.42 Å². The van der Waals surface area contributed by atoms with E-state index in [0.717, 1.165) is 18.3 Å². The number of amides is 1. The summed E-state index contributed by atoms with van der Waals surface area (Å²) in [4.78, 5) is 13.3. The highest BCUT2D eigenvalue weighted by molar-refractivity contribution is 6.54. The molecule has 6 heteroatoms. The van der Waals surface area contributed by atoms with E-state index in [1.54, 1.807) is 4.90 Å². The lowest BCUT2D eigenvalue weighted by Crippen LogP contribution is -2.52. The summed E-state index contributed by atoms with van der Waals surface area (Å²) >= 11 is 0. The van der Waals surface area contributed by atoms with Crippen molar-refractivity contribution in [2.75, 3.05) is 0 Å². The molecule has 1 unspecified atom stereocenters. The van der Waals surface area contributed by atoms with Gasteiger partial charge >= 0.3 is 13.2 Å². The summed E-state index contributed by atoms with van der Waals surface area (Å²) in [7, 11) is -0.376. The lowest BCUT2D eigenvalue weighted by molar-refractivity contribution is 0.00578. The smallest absolute Gasteiger partial charge is 0.465 e. The second kappa shape index (κ2) is 5.81. The molecule has 0 radical (unpaired) electrons. The maximum Gasteiger partial charge on any atom is 0.490 e. The minimum atomic E-state index is -0.863. The Balaban J connectivity index is 2.16. The van der Waals surface area contributed by atoms with Crippen LogP contribution in [0.2, 0.25) is 0 Å². The molecule has 1 N–H and O–H groups in total. The third-order valence-corrected chi connectivity index (χ3v) is 5.23. The van der Waals surface area contributed by atoms with E-state index in [9.17, 15) is 9.90 Å². The van der Waals surface area contributed by atoms with Gasteiger partial charge in [0.25, 0.3) is 0 Å². The maximum absolute atomic E-state index is 11.7. The Morgan fingerprint density at radius 3 is 2.22 bits per heavy atom. The van der Waals surface area contributed by atoms with Crippen molar-refractivity contribution < 1.29 is 19.2 Å². The molecule has 1 atom stereocenters. The Kier molecular flexibility index (Phi) is 4.64. The molecule has 1 fully saturated rings. The SMILES string of the molecule is CC(C)(C)N(C(=O)O)C1CCC=C(B2OC(C)(C)C(C)(C)O2)C1. The Hall–Kier alpha value is -1.01. The summed E-state index contributed by atoms with van der Waals surface area (Å²) in [5.41, 5.74) is -0.103. The number of allylic oxidation sites excluding steroid dienone is 1. The molecule has 0 spiro atoms. The van der Waals surface area contributed by atoms with Crippen molar-refractivity contribution in [2.45, 2.75) is 90.5 Å². The molecule has 1 heterocycles. The van der Waals surface area contributed by atoms with E-state index in [-0.39, 0.29) is 24.4 Å². The van der Waals surface area contributed by atoms with Gasteiger partial charge in [-0.15, -0.1) is 0 Å². The Bertz CT molecular complexity index is 491. The molecule has 23 heavy (non-hydrogen) atoms. The molecule has 0 bridgehead atoms. The Morgan fingerprint density at radius 2 is 1.78 bits per heavy atom. The fourth-order valence-electron chi connectivity index (χ4n) is 3.32. The molecule has 2 aliphatic rings. The van der Waals surface area contributed by atoms with Gasteiger partial charge < -0.3 is 19.3 Å². The zero-order valence-corrected chi connectivity index (χ0v) is 15.5. The third-order valence-electron chi connectivity index (χ3n) is 5.23. The average molecular weight is 323 g/mol. The number of hydrogen-bond acceptors (Lipinski definition) is 3. The third kappa shape index (κ3) is 3.58. The van der Waals surface area contributed by atoms with Crippen LogP contribution in [0.15, 0.2) is 11.5 Å². The van der Waals surface area contributed by atoms with Crippen LogP contribution in [0.4, 0.5) is 4.79 Å². The highest BCUT2D eigenvalue weighted by Crippen LogP contribution is 2.41. The van der Waals surface area contributed by atoms with Crippen LogP contribution in [0.5, 0.6) is 0 Å². The van der Waals surface area contributed by atoms with Crippen molar-refractivity contribution in [3.63, 3.8) is 0 Å². The first-order valence-corrected chi connectivity index (χ1v) is 8.42. The van der Waals surface area contributed by atoms with E-state index in [2.05, 4.69) is 6.08 Å². The number of rotatable bonds is 2. The van der Waals surface area contributed by atoms with E-state index in [1.807, 2.05) is 48.5 Å². The largest absolute Gasteiger partial charge is 0.490 e. The standard InChI is InChI=1S/C17H30BNO4/c1-15(2,3)19(14(20)21)13-10-8-9-12(11-13)18-22-16(4,5)17(6,7)23-18/h9,13H,8,10-11H2,1-7H3,(H,20,21). The summed E-state index contributed by atoms with van der Waals surface area (Å²) in [5.74, 6) is 0. The summed E-state index contributed by atoms with van der Waals surface area (Å²) in [6.07, 6.45) is 3.65. The van der Waals surface area contributed by atoms with Crippen LogP contribution < -0.4 is 0 Å². The molecular formula is C17H30BNO4. The van der Waals surface area contributed by atoms with E-state index in [1.165, 1.54) is 0 Å². The van der Waals surface area contributed by atoms with Crippen LogP contribution >= 0.6 is 0 Å². The minimum absolute atomic E-state index is 0.0356.